The Morgan fingerprint density at radius 3 is 2.56 bits per heavy atom. The highest BCUT2D eigenvalue weighted by atomic mass is 127. The van der Waals surface area contributed by atoms with Crippen LogP contribution in [0.15, 0.2) is 64.0 Å². The highest BCUT2D eigenvalue weighted by Gasteiger charge is 2.34. The number of thiazole rings is 1. The molecule has 3 aromatic rings. The third kappa shape index (κ3) is 6.98. The minimum absolute atomic E-state index is 0.0661. The van der Waals surface area contributed by atoms with Crippen molar-refractivity contribution in [1.82, 2.24) is 4.57 Å². The van der Waals surface area contributed by atoms with Gasteiger partial charge in [-0.15, -0.1) is 0 Å². The molecule has 43 heavy (non-hydrogen) atoms. The van der Waals surface area contributed by atoms with Crippen LogP contribution in [-0.2, 0) is 9.53 Å². The molecular formula is C32H35IN2O7S. The number of aromatic nitrogens is 1. The van der Waals surface area contributed by atoms with Crippen LogP contribution in [0, 0.1) is 3.57 Å². The van der Waals surface area contributed by atoms with Crippen LogP contribution in [0.3, 0.4) is 0 Å². The third-order valence-electron chi connectivity index (χ3n) is 6.36. The van der Waals surface area contributed by atoms with Crippen molar-refractivity contribution in [1.29, 1.82) is 0 Å². The lowest BCUT2D eigenvalue weighted by Crippen LogP contribution is -2.40. The van der Waals surface area contributed by atoms with Crippen LogP contribution in [0.2, 0.25) is 0 Å². The molecule has 0 N–H and O–H groups in total. The highest BCUT2D eigenvalue weighted by Crippen LogP contribution is 2.37. The second-order valence-electron chi connectivity index (χ2n) is 9.74. The zero-order chi connectivity index (χ0) is 31.3. The Hall–Kier alpha value is -3.58. The summed E-state index contributed by atoms with van der Waals surface area (Å²) in [5.74, 6) is 1.71. The first-order chi connectivity index (χ1) is 20.6. The summed E-state index contributed by atoms with van der Waals surface area (Å²) in [6.07, 6.45) is 3.40. The topological polar surface area (TPSA) is 97.6 Å². The Bertz CT molecular complexity index is 1740. The summed E-state index contributed by atoms with van der Waals surface area (Å²) in [6, 6.07) is 8.39. The van der Waals surface area contributed by atoms with Crippen LogP contribution in [0.5, 0.6) is 23.0 Å². The van der Waals surface area contributed by atoms with Gasteiger partial charge in [0.25, 0.3) is 5.56 Å². The van der Waals surface area contributed by atoms with Crippen molar-refractivity contribution in [3.63, 3.8) is 0 Å². The molecule has 0 aliphatic carbocycles. The Kier molecular flexibility index (Phi) is 10.7. The van der Waals surface area contributed by atoms with E-state index in [-0.39, 0.29) is 23.8 Å². The fourth-order valence-electron chi connectivity index (χ4n) is 4.68. The maximum atomic E-state index is 14.1. The van der Waals surface area contributed by atoms with Crippen LogP contribution in [0.1, 0.15) is 51.8 Å². The number of fused-ring (bicyclic) bond motifs is 1. The standard InChI is InChI=1S/C32H35IN2O7S/c1-8-13-41-29-22(33)14-20(15-25(29)39-9-2)16-26-30(36)35-28(21-11-12-23(42-18(4)5)24(17-21)38-7)27(31(37)40-10-3)19(6)34-32(35)43-26/h8,11-12,14-18,28H,1,9-10,13H2,2-7H3/b26-16+/t28-/m1/s1. The SMILES string of the molecule is C=CCOc1c(I)cc(/C=c2/sc3n(c2=O)[C@H](c2ccc(OC(C)C)c(OC)c2)C(C(=O)OCC)=C(C)N=3)cc1OCC. The summed E-state index contributed by atoms with van der Waals surface area (Å²) in [4.78, 5) is 32.5. The Morgan fingerprint density at radius 2 is 1.91 bits per heavy atom. The van der Waals surface area contributed by atoms with Gasteiger partial charge in [0.05, 0.1) is 51.8 Å². The maximum absolute atomic E-state index is 14.1. The van der Waals surface area contributed by atoms with E-state index in [9.17, 15) is 9.59 Å². The van der Waals surface area contributed by atoms with Crippen molar-refractivity contribution in [3.8, 4) is 23.0 Å². The monoisotopic (exact) mass is 718 g/mol. The largest absolute Gasteiger partial charge is 0.493 e. The number of methoxy groups -OCH3 is 1. The van der Waals surface area contributed by atoms with Gasteiger partial charge in [0, 0.05) is 0 Å². The van der Waals surface area contributed by atoms with Gasteiger partial charge in [0.2, 0.25) is 0 Å². The summed E-state index contributed by atoms with van der Waals surface area (Å²) in [5, 5.41) is 0. The molecule has 0 unspecified atom stereocenters. The molecule has 11 heteroatoms. The van der Waals surface area contributed by atoms with Crippen LogP contribution in [0.25, 0.3) is 6.08 Å². The molecule has 228 valence electrons. The van der Waals surface area contributed by atoms with Crippen molar-refractivity contribution in [2.45, 2.75) is 46.8 Å². The molecule has 1 aliphatic heterocycles. The zero-order valence-corrected chi connectivity index (χ0v) is 28.0. The summed E-state index contributed by atoms with van der Waals surface area (Å²) in [7, 11) is 1.55. The van der Waals surface area contributed by atoms with Crippen molar-refractivity contribution in [3.05, 3.63) is 88.6 Å². The van der Waals surface area contributed by atoms with Gasteiger partial charge in [-0.05, 0) is 98.7 Å². The van der Waals surface area contributed by atoms with Gasteiger partial charge in [-0.3, -0.25) is 9.36 Å². The van der Waals surface area contributed by atoms with Gasteiger partial charge < -0.3 is 23.7 Å². The average molecular weight is 719 g/mol. The lowest BCUT2D eigenvalue weighted by atomic mass is 9.95. The zero-order valence-electron chi connectivity index (χ0n) is 25.1. The predicted octanol–water partition coefficient (Wildman–Crippen LogP) is 5.16. The van der Waals surface area contributed by atoms with Gasteiger partial charge in [-0.1, -0.05) is 30.1 Å². The minimum Gasteiger partial charge on any atom is -0.493 e. The van der Waals surface area contributed by atoms with Gasteiger partial charge in [-0.25, -0.2) is 9.79 Å². The fourth-order valence-corrected chi connectivity index (χ4v) is 6.51. The van der Waals surface area contributed by atoms with Crippen molar-refractivity contribution < 1.29 is 28.5 Å². The maximum Gasteiger partial charge on any atom is 0.338 e. The number of hydrogen-bond donors (Lipinski definition) is 0. The van der Waals surface area contributed by atoms with Crippen molar-refractivity contribution in [2.24, 2.45) is 4.99 Å². The van der Waals surface area contributed by atoms with Crippen LogP contribution >= 0.6 is 33.9 Å². The first-order valence-electron chi connectivity index (χ1n) is 13.9. The lowest BCUT2D eigenvalue weighted by molar-refractivity contribution is -0.139. The summed E-state index contributed by atoms with van der Waals surface area (Å²) < 4.78 is 31.5. The molecule has 0 bridgehead atoms. The Balaban J connectivity index is 1.92. The molecule has 9 nitrogen and oxygen atoms in total. The normalized spacial score (nSPS) is 14.7. The number of ether oxygens (including phenoxy) is 5. The molecule has 1 aromatic heterocycles. The van der Waals surface area contributed by atoms with E-state index in [0.717, 1.165) is 9.13 Å². The van der Waals surface area contributed by atoms with E-state index in [1.54, 1.807) is 49.8 Å². The first kappa shape index (κ1) is 32.3. The van der Waals surface area contributed by atoms with E-state index in [2.05, 4.69) is 34.2 Å². The predicted molar refractivity (Wildman–Crippen MR) is 175 cm³/mol. The van der Waals surface area contributed by atoms with E-state index in [0.29, 0.717) is 56.8 Å². The number of nitrogens with zero attached hydrogens (tertiary/aromatic N) is 2. The molecule has 0 saturated carbocycles. The van der Waals surface area contributed by atoms with Crippen LogP contribution in [-0.4, -0.2) is 43.6 Å². The van der Waals surface area contributed by atoms with E-state index in [4.69, 9.17) is 23.7 Å². The summed E-state index contributed by atoms with van der Waals surface area (Å²) >= 11 is 3.44. The molecule has 0 spiro atoms. The number of carbonyl (C=O) groups is 1. The van der Waals surface area contributed by atoms with Crippen LogP contribution < -0.4 is 33.8 Å². The fraction of sp³-hybridized carbons (Fsp3) is 0.344. The molecule has 4 rings (SSSR count). The quantitative estimate of drug-likeness (QED) is 0.145. The molecule has 0 amide bonds. The summed E-state index contributed by atoms with van der Waals surface area (Å²) in [6.45, 7) is 13.9. The second-order valence-corrected chi connectivity index (χ2v) is 11.9. The number of hydrogen-bond acceptors (Lipinski definition) is 9. The summed E-state index contributed by atoms with van der Waals surface area (Å²) in [5.41, 5.74) is 1.91. The number of carbonyl (C=O) groups excluding carboxylic acids is 1. The molecule has 2 aromatic carbocycles. The molecule has 0 saturated heterocycles. The number of halogens is 1. The lowest BCUT2D eigenvalue weighted by Gasteiger charge is -2.25. The molecule has 1 aliphatic rings. The van der Waals surface area contributed by atoms with E-state index in [1.165, 1.54) is 11.3 Å². The van der Waals surface area contributed by atoms with E-state index >= 15 is 0 Å². The molecule has 0 radical (unpaired) electrons. The highest BCUT2D eigenvalue weighted by molar-refractivity contribution is 14.1. The second kappa shape index (κ2) is 14.3. The van der Waals surface area contributed by atoms with Gasteiger partial charge in [0.1, 0.15) is 6.61 Å². The van der Waals surface area contributed by atoms with Gasteiger partial charge >= 0.3 is 5.97 Å². The number of esters is 1. The van der Waals surface area contributed by atoms with E-state index in [1.807, 2.05) is 39.0 Å². The third-order valence-corrected chi connectivity index (χ3v) is 8.14. The smallest absolute Gasteiger partial charge is 0.338 e. The van der Waals surface area contributed by atoms with Gasteiger partial charge in [-0.2, -0.15) is 0 Å². The molecule has 1 atom stereocenters. The Morgan fingerprint density at radius 1 is 1.14 bits per heavy atom. The number of benzene rings is 2. The molecular weight excluding hydrogens is 683 g/mol. The average Bonchev–Trinajstić information content (AvgIpc) is 3.26. The van der Waals surface area contributed by atoms with Crippen molar-refractivity contribution >= 4 is 46.0 Å². The number of rotatable bonds is 12. The van der Waals surface area contributed by atoms with Crippen LogP contribution in [0.4, 0.5) is 0 Å². The Labute approximate surface area is 268 Å². The molecule has 2 heterocycles. The minimum atomic E-state index is -0.784. The van der Waals surface area contributed by atoms with Gasteiger partial charge in [0.15, 0.2) is 27.8 Å². The molecule has 0 fully saturated rings. The first-order valence-corrected chi connectivity index (χ1v) is 15.8. The number of allylic oxidation sites excluding steroid dienone is 1. The van der Waals surface area contributed by atoms with E-state index < -0.39 is 12.0 Å². The van der Waals surface area contributed by atoms with Crippen molar-refractivity contribution in [2.75, 3.05) is 26.9 Å².